The zero-order valence-corrected chi connectivity index (χ0v) is 17.5. The minimum Gasteiger partial charge on any atom is -0.497 e. The van der Waals surface area contributed by atoms with E-state index in [1.165, 1.54) is 11.8 Å². The normalized spacial score (nSPS) is 14.0. The maximum Gasteiger partial charge on any atom is 0.276 e. The maximum absolute atomic E-state index is 12.6. The number of benzene rings is 1. The Balaban J connectivity index is 1.22. The molecular formula is C21H23N5O3S. The number of rotatable bonds is 7. The molecule has 1 aliphatic rings. The Morgan fingerprint density at radius 3 is 2.70 bits per heavy atom. The third kappa shape index (κ3) is 4.91. The summed E-state index contributed by atoms with van der Waals surface area (Å²) < 4.78 is 10.9. The molecule has 1 aromatic carbocycles. The van der Waals surface area contributed by atoms with Crippen LogP contribution in [0.25, 0.3) is 11.5 Å². The van der Waals surface area contributed by atoms with E-state index in [0.29, 0.717) is 36.4 Å². The molecule has 0 aliphatic carbocycles. The molecule has 8 nitrogen and oxygen atoms in total. The topological polar surface area (TPSA) is 84.6 Å². The van der Waals surface area contributed by atoms with Gasteiger partial charge in [0.2, 0.25) is 11.8 Å². The average molecular weight is 426 g/mol. The number of ether oxygens (including phenoxy) is 1. The van der Waals surface area contributed by atoms with Gasteiger partial charge in [0.05, 0.1) is 7.11 Å². The van der Waals surface area contributed by atoms with Crippen LogP contribution in [-0.4, -0.2) is 65.0 Å². The summed E-state index contributed by atoms with van der Waals surface area (Å²) in [6.07, 6.45) is 3.80. The number of hydrogen-bond donors (Lipinski definition) is 0. The van der Waals surface area contributed by atoms with E-state index in [1.807, 2.05) is 35.2 Å². The van der Waals surface area contributed by atoms with Gasteiger partial charge in [-0.25, -0.2) is 0 Å². The number of thioether (sulfide) groups is 1. The Hall–Kier alpha value is -3.07. The van der Waals surface area contributed by atoms with E-state index in [0.717, 1.165) is 30.1 Å². The van der Waals surface area contributed by atoms with E-state index in [9.17, 15) is 4.79 Å². The van der Waals surface area contributed by atoms with Crippen LogP contribution in [0.2, 0.25) is 0 Å². The van der Waals surface area contributed by atoms with Crippen LogP contribution < -0.4 is 9.64 Å². The van der Waals surface area contributed by atoms with E-state index in [-0.39, 0.29) is 5.91 Å². The number of carbonyl (C=O) groups excluding carboxylic acids is 1. The summed E-state index contributed by atoms with van der Waals surface area (Å²) in [5.74, 6) is 2.06. The molecule has 1 fully saturated rings. The van der Waals surface area contributed by atoms with Crippen LogP contribution in [0.3, 0.4) is 0 Å². The Morgan fingerprint density at radius 2 is 1.93 bits per heavy atom. The zero-order valence-electron chi connectivity index (χ0n) is 16.7. The molecular weight excluding hydrogens is 402 g/mol. The third-order valence-corrected chi connectivity index (χ3v) is 5.75. The zero-order chi connectivity index (χ0) is 20.8. The van der Waals surface area contributed by atoms with E-state index in [2.05, 4.69) is 26.1 Å². The smallest absolute Gasteiger partial charge is 0.276 e. The monoisotopic (exact) mass is 425 g/mol. The van der Waals surface area contributed by atoms with Gasteiger partial charge in [-0.1, -0.05) is 17.8 Å². The second-order valence-electron chi connectivity index (χ2n) is 6.78. The van der Waals surface area contributed by atoms with E-state index < -0.39 is 0 Å². The number of amides is 1. The Bertz CT molecular complexity index is 974. The van der Waals surface area contributed by atoms with Crippen LogP contribution >= 0.6 is 11.8 Å². The minimum absolute atomic E-state index is 0.154. The van der Waals surface area contributed by atoms with Crippen LogP contribution in [0.1, 0.15) is 6.42 Å². The number of piperazine rings is 1. The molecule has 0 saturated carbocycles. The molecule has 3 aromatic rings. The molecule has 1 amide bonds. The lowest BCUT2D eigenvalue weighted by Gasteiger charge is -2.36. The molecule has 0 spiro atoms. The van der Waals surface area contributed by atoms with Gasteiger partial charge in [-0.15, -0.1) is 10.2 Å². The van der Waals surface area contributed by atoms with Crippen molar-refractivity contribution in [3.8, 4) is 17.2 Å². The quantitative estimate of drug-likeness (QED) is 0.534. The number of aromatic nitrogens is 3. The number of methoxy groups -OCH3 is 1. The van der Waals surface area contributed by atoms with Crippen molar-refractivity contribution in [1.29, 1.82) is 0 Å². The first-order valence-electron chi connectivity index (χ1n) is 9.76. The highest BCUT2D eigenvalue weighted by Crippen LogP contribution is 2.24. The highest BCUT2D eigenvalue weighted by atomic mass is 32.2. The van der Waals surface area contributed by atoms with Crippen molar-refractivity contribution in [2.45, 2.75) is 11.6 Å². The van der Waals surface area contributed by atoms with Gasteiger partial charge in [0.25, 0.3) is 5.22 Å². The standard InChI is InChI=1S/C21H23N5O3S/c1-28-18-4-2-3-17(15-18)25-10-12-26(13-11-25)19(27)7-14-30-21-24-23-20(29-21)16-5-8-22-9-6-16/h2-6,8-9,15H,7,10-14H2,1H3. The van der Waals surface area contributed by atoms with Crippen LogP contribution in [0.4, 0.5) is 5.69 Å². The molecule has 0 radical (unpaired) electrons. The van der Waals surface area contributed by atoms with Crippen molar-refractivity contribution < 1.29 is 13.9 Å². The molecule has 1 saturated heterocycles. The summed E-state index contributed by atoms with van der Waals surface area (Å²) in [5, 5.41) is 8.56. The van der Waals surface area contributed by atoms with Gasteiger partial charge >= 0.3 is 0 Å². The lowest BCUT2D eigenvalue weighted by atomic mass is 10.2. The molecule has 2 aromatic heterocycles. The van der Waals surface area contributed by atoms with Gasteiger partial charge < -0.3 is 19.0 Å². The van der Waals surface area contributed by atoms with Gasteiger partial charge in [0.15, 0.2) is 0 Å². The number of anilines is 1. The summed E-state index contributed by atoms with van der Waals surface area (Å²) in [5.41, 5.74) is 1.95. The summed E-state index contributed by atoms with van der Waals surface area (Å²) in [4.78, 5) is 20.7. The van der Waals surface area contributed by atoms with Gasteiger partial charge in [-0.05, 0) is 24.3 Å². The van der Waals surface area contributed by atoms with Crippen LogP contribution in [0, 0.1) is 0 Å². The summed E-state index contributed by atoms with van der Waals surface area (Å²) in [6.45, 7) is 3.05. The number of nitrogens with zero attached hydrogens (tertiary/aromatic N) is 5. The SMILES string of the molecule is COc1cccc(N2CCN(C(=O)CCSc3nnc(-c4ccncc4)o3)CC2)c1. The van der Waals surface area contributed by atoms with E-state index >= 15 is 0 Å². The fraction of sp³-hybridized carbons (Fsp3) is 0.333. The molecule has 0 unspecified atom stereocenters. The van der Waals surface area contributed by atoms with Crippen molar-refractivity contribution >= 4 is 23.4 Å². The second-order valence-corrected chi connectivity index (χ2v) is 7.82. The highest BCUT2D eigenvalue weighted by molar-refractivity contribution is 7.99. The van der Waals surface area contributed by atoms with E-state index in [4.69, 9.17) is 9.15 Å². The summed E-state index contributed by atoms with van der Waals surface area (Å²) >= 11 is 1.40. The van der Waals surface area contributed by atoms with Gasteiger partial charge in [-0.2, -0.15) is 0 Å². The Kier molecular flexibility index (Phi) is 6.48. The maximum atomic E-state index is 12.6. The predicted octanol–water partition coefficient (Wildman–Crippen LogP) is 2.97. The van der Waals surface area contributed by atoms with Gasteiger partial charge in [-0.3, -0.25) is 9.78 Å². The fourth-order valence-electron chi connectivity index (χ4n) is 3.28. The van der Waals surface area contributed by atoms with Crippen molar-refractivity contribution in [3.63, 3.8) is 0 Å². The van der Waals surface area contributed by atoms with Crippen LogP contribution in [-0.2, 0) is 4.79 Å². The molecule has 0 atom stereocenters. The molecule has 156 valence electrons. The number of pyridine rings is 1. The van der Waals surface area contributed by atoms with Gasteiger partial charge in [0, 0.05) is 68.1 Å². The summed E-state index contributed by atoms with van der Waals surface area (Å²) in [6, 6.07) is 11.7. The molecule has 3 heterocycles. The van der Waals surface area contributed by atoms with Gasteiger partial charge in [0.1, 0.15) is 5.75 Å². The average Bonchev–Trinajstić information content (AvgIpc) is 3.29. The molecule has 0 N–H and O–H groups in total. The predicted molar refractivity (Wildman–Crippen MR) is 115 cm³/mol. The second kappa shape index (κ2) is 9.62. The first kappa shape index (κ1) is 20.2. The molecule has 30 heavy (non-hydrogen) atoms. The molecule has 9 heteroatoms. The first-order chi connectivity index (χ1) is 14.7. The molecule has 4 rings (SSSR count). The fourth-order valence-corrected chi connectivity index (χ4v) is 3.97. The van der Waals surface area contributed by atoms with Crippen LogP contribution in [0.15, 0.2) is 58.4 Å². The molecule has 0 bridgehead atoms. The molecule has 1 aliphatic heterocycles. The first-order valence-corrected chi connectivity index (χ1v) is 10.7. The van der Waals surface area contributed by atoms with Crippen LogP contribution in [0.5, 0.6) is 5.75 Å². The largest absolute Gasteiger partial charge is 0.497 e. The Morgan fingerprint density at radius 1 is 1.13 bits per heavy atom. The third-order valence-electron chi connectivity index (χ3n) is 4.93. The Labute approximate surface area is 179 Å². The highest BCUT2D eigenvalue weighted by Gasteiger charge is 2.21. The number of hydrogen-bond acceptors (Lipinski definition) is 8. The van der Waals surface area contributed by atoms with Crippen molar-refractivity contribution in [3.05, 3.63) is 48.8 Å². The van der Waals surface area contributed by atoms with E-state index in [1.54, 1.807) is 19.5 Å². The lowest BCUT2D eigenvalue weighted by molar-refractivity contribution is -0.131. The van der Waals surface area contributed by atoms with Crippen molar-refractivity contribution in [2.24, 2.45) is 0 Å². The number of carbonyl (C=O) groups is 1. The van der Waals surface area contributed by atoms with Crippen molar-refractivity contribution in [1.82, 2.24) is 20.1 Å². The summed E-state index contributed by atoms with van der Waals surface area (Å²) in [7, 11) is 1.67. The lowest BCUT2D eigenvalue weighted by Crippen LogP contribution is -2.48. The minimum atomic E-state index is 0.154. The van der Waals surface area contributed by atoms with Crippen molar-refractivity contribution in [2.75, 3.05) is 43.9 Å².